The second kappa shape index (κ2) is 6.77. The lowest BCUT2D eigenvalue weighted by Gasteiger charge is -2.12. The third-order valence-corrected chi connectivity index (χ3v) is 2.22. The first-order valence-corrected chi connectivity index (χ1v) is 4.77. The summed E-state index contributed by atoms with van der Waals surface area (Å²) >= 11 is 0. The molecule has 0 spiro atoms. The number of rotatable bonds is 4. The minimum absolute atomic E-state index is 0. The van der Waals surface area contributed by atoms with Gasteiger partial charge in [-0.05, 0) is 25.8 Å². The summed E-state index contributed by atoms with van der Waals surface area (Å²) in [5, 5.41) is 8.64. The maximum atomic E-state index is 13.3. The van der Waals surface area contributed by atoms with E-state index in [1.54, 1.807) is 12.1 Å². The Hall–Kier alpha value is -0.640. The quantitative estimate of drug-likeness (QED) is 0.839. The Balaban J connectivity index is 0.00000196. The van der Waals surface area contributed by atoms with Crippen molar-refractivity contribution in [1.29, 1.82) is 0 Å². The lowest BCUT2D eigenvalue weighted by atomic mass is 10.0. The highest BCUT2D eigenvalue weighted by Gasteiger charge is 2.10. The molecule has 0 aliphatic heterocycles. The first-order valence-electron chi connectivity index (χ1n) is 4.77. The van der Waals surface area contributed by atoms with Crippen molar-refractivity contribution in [1.82, 2.24) is 0 Å². The zero-order chi connectivity index (χ0) is 10.6. The van der Waals surface area contributed by atoms with Crippen LogP contribution in [0.1, 0.15) is 30.0 Å². The van der Waals surface area contributed by atoms with Gasteiger partial charge in [0.25, 0.3) is 0 Å². The molecular formula is C11H17ClFNO. The molecule has 4 heteroatoms. The number of halogens is 2. The van der Waals surface area contributed by atoms with Crippen molar-refractivity contribution in [2.45, 2.75) is 25.8 Å². The Kier molecular flexibility index (Phi) is 6.48. The van der Waals surface area contributed by atoms with Gasteiger partial charge in [-0.1, -0.05) is 17.7 Å². The van der Waals surface area contributed by atoms with E-state index in [1.807, 2.05) is 6.92 Å². The van der Waals surface area contributed by atoms with Crippen LogP contribution in [0.25, 0.3) is 0 Å². The van der Waals surface area contributed by atoms with Crippen LogP contribution in [0.3, 0.4) is 0 Å². The third kappa shape index (κ3) is 4.16. The molecule has 1 aromatic carbocycles. The van der Waals surface area contributed by atoms with Gasteiger partial charge in [-0.25, -0.2) is 4.39 Å². The predicted molar refractivity (Wildman–Crippen MR) is 61.6 cm³/mol. The smallest absolute Gasteiger partial charge is 0.127 e. The molecule has 0 unspecified atom stereocenters. The second-order valence-electron chi connectivity index (χ2n) is 3.50. The van der Waals surface area contributed by atoms with Crippen molar-refractivity contribution in [2.75, 3.05) is 6.61 Å². The van der Waals surface area contributed by atoms with Gasteiger partial charge in [0.1, 0.15) is 5.82 Å². The summed E-state index contributed by atoms with van der Waals surface area (Å²) in [6.45, 7) is 2.00. The highest BCUT2D eigenvalue weighted by atomic mass is 35.5. The molecule has 0 aliphatic rings. The van der Waals surface area contributed by atoms with Gasteiger partial charge in [0.05, 0.1) is 0 Å². The molecule has 0 fully saturated rings. The molecule has 3 N–H and O–H groups in total. The van der Waals surface area contributed by atoms with E-state index in [0.717, 1.165) is 5.56 Å². The van der Waals surface area contributed by atoms with Gasteiger partial charge in [0.15, 0.2) is 0 Å². The van der Waals surface area contributed by atoms with E-state index in [0.29, 0.717) is 18.4 Å². The summed E-state index contributed by atoms with van der Waals surface area (Å²) in [7, 11) is 0. The molecule has 2 nitrogen and oxygen atoms in total. The standard InChI is InChI=1S/C11H16FNO.ClH/c1-8-4-5-10(12)9(7-8)11(13)3-2-6-14;/h4-5,7,11,14H,2-3,6,13H2,1H3;1H/t11-;/m0./s1. The van der Waals surface area contributed by atoms with Crippen LogP contribution >= 0.6 is 12.4 Å². The summed E-state index contributed by atoms with van der Waals surface area (Å²) < 4.78 is 13.3. The van der Waals surface area contributed by atoms with Crippen molar-refractivity contribution in [3.05, 3.63) is 35.1 Å². The normalized spacial score (nSPS) is 12.0. The summed E-state index contributed by atoms with van der Waals surface area (Å²) in [5.41, 5.74) is 7.34. The van der Waals surface area contributed by atoms with Gasteiger partial charge in [-0.2, -0.15) is 0 Å². The zero-order valence-electron chi connectivity index (χ0n) is 8.74. The van der Waals surface area contributed by atoms with Gasteiger partial charge >= 0.3 is 0 Å². The number of hydrogen-bond acceptors (Lipinski definition) is 2. The van der Waals surface area contributed by atoms with Crippen molar-refractivity contribution in [2.24, 2.45) is 5.73 Å². The molecule has 0 bridgehead atoms. The minimum atomic E-state index is -0.318. The molecule has 86 valence electrons. The highest BCUT2D eigenvalue weighted by Crippen LogP contribution is 2.20. The van der Waals surface area contributed by atoms with Crippen LogP contribution in [0.2, 0.25) is 0 Å². The lowest BCUT2D eigenvalue weighted by Crippen LogP contribution is -2.12. The fourth-order valence-electron chi connectivity index (χ4n) is 1.41. The van der Waals surface area contributed by atoms with Crippen LogP contribution in [-0.2, 0) is 0 Å². The van der Waals surface area contributed by atoms with Gasteiger partial charge in [-0.3, -0.25) is 0 Å². The van der Waals surface area contributed by atoms with Gasteiger partial charge in [0, 0.05) is 18.2 Å². The monoisotopic (exact) mass is 233 g/mol. The largest absolute Gasteiger partial charge is 0.396 e. The topological polar surface area (TPSA) is 46.2 Å². The molecule has 0 saturated carbocycles. The van der Waals surface area contributed by atoms with Crippen LogP contribution in [0.15, 0.2) is 18.2 Å². The van der Waals surface area contributed by atoms with Crippen molar-refractivity contribution >= 4 is 12.4 Å². The van der Waals surface area contributed by atoms with Crippen LogP contribution in [-0.4, -0.2) is 11.7 Å². The number of hydrogen-bond donors (Lipinski definition) is 2. The summed E-state index contributed by atoms with van der Waals surface area (Å²) in [4.78, 5) is 0. The Morgan fingerprint density at radius 3 is 2.73 bits per heavy atom. The fraction of sp³-hybridized carbons (Fsp3) is 0.455. The summed E-state index contributed by atoms with van der Waals surface area (Å²) in [6, 6.07) is 4.60. The molecule has 0 saturated heterocycles. The van der Waals surface area contributed by atoms with E-state index in [4.69, 9.17) is 10.8 Å². The lowest BCUT2D eigenvalue weighted by molar-refractivity contribution is 0.279. The van der Waals surface area contributed by atoms with Crippen LogP contribution in [0, 0.1) is 12.7 Å². The molecule has 0 heterocycles. The van der Waals surface area contributed by atoms with Gasteiger partial charge in [-0.15, -0.1) is 12.4 Å². The van der Waals surface area contributed by atoms with Crippen molar-refractivity contribution in [3.8, 4) is 0 Å². The maximum Gasteiger partial charge on any atom is 0.127 e. The van der Waals surface area contributed by atoms with E-state index < -0.39 is 0 Å². The minimum Gasteiger partial charge on any atom is -0.396 e. The van der Waals surface area contributed by atoms with Crippen LogP contribution in [0.4, 0.5) is 4.39 Å². The van der Waals surface area contributed by atoms with Gasteiger partial charge in [0.2, 0.25) is 0 Å². The fourth-order valence-corrected chi connectivity index (χ4v) is 1.41. The van der Waals surface area contributed by atoms with Crippen molar-refractivity contribution < 1.29 is 9.50 Å². The van der Waals surface area contributed by atoms with E-state index in [-0.39, 0.29) is 30.9 Å². The first-order chi connectivity index (χ1) is 6.65. The molecular weight excluding hydrogens is 217 g/mol. The van der Waals surface area contributed by atoms with Crippen LogP contribution in [0.5, 0.6) is 0 Å². The Morgan fingerprint density at radius 1 is 1.47 bits per heavy atom. The molecule has 1 atom stereocenters. The number of aryl methyl sites for hydroxylation is 1. The van der Waals surface area contributed by atoms with Gasteiger partial charge < -0.3 is 10.8 Å². The molecule has 0 aromatic heterocycles. The predicted octanol–water partition coefficient (Wildman–Crippen LogP) is 2.33. The first kappa shape index (κ1) is 14.4. The average molecular weight is 234 g/mol. The van der Waals surface area contributed by atoms with E-state index in [2.05, 4.69) is 0 Å². The van der Waals surface area contributed by atoms with E-state index in [1.165, 1.54) is 6.07 Å². The number of aliphatic hydroxyl groups is 1. The molecule has 15 heavy (non-hydrogen) atoms. The molecule has 0 radical (unpaired) electrons. The average Bonchev–Trinajstić information content (AvgIpc) is 2.18. The van der Waals surface area contributed by atoms with E-state index in [9.17, 15) is 4.39 Å². The number of aliphatic hydroxyl groups excluding tert-OH is 1. The molecule has 0 aliphatic carbocycles. The Labute approximate surface area is 95.7 Å². The number of benzene rings is 1. The maximum absolute atomic E-state index is 13.3. The summed E-state index contributed by atoms with van der Waals surface area (Å²) in [5.74, 6) is -0.263. The van der Waals surface area contributed by atoms with Crippen LogP contribution < -0.4 is 5.73 Å². The third-order valence-electron chi connectivity index (χ3n) is 2.22. The zero-order valence-corrected chi connectivity index (χ0v) is 9.56. The Morgan fingerprint density at radius 2 is 2.13 bits per heavy atom. The van der Waals surface area contributed by atoms with Crippen molar-refractivity contribution in [3.63, 3.8) is 0 Å². The molecule has 1 rings (SSSR count). The highest BCUT2D eigenvalue weighted by molar-refractivity contribution is 5.85. The Bertz CT molecular complexity index is 307. The van der Waals surface area contributed by atoms with E-state index >= 15 is 0 Å². The molecule has 1 aromatic rings. The summed E-state index contributed by atoms with van der Waals surface area (Å²) in [6.07, 6.45) is 1.21. The second-order valence-corrected chi connectivity index (χ2v) is 3.50. The number of nitrogens with two attached hydrogens (primary N) is 1. The SMILES string of the molecule is Cc1ccc(F)c([C@@H](N)CCCO)c1.Cl. The molecule has 0 amide bonds.